The van der Waals surface area contributed by atoms with Gasteiger partial charge in [-0.05, 0) is 67.1 Å². The highest BCUT2D eigenvalue weighted by atomic mass is 35.5. The number of amides is 2. The Kier molecular flexibility index (Phi) is 8.17. The maximum absolute atomic E-state index is 13.0. The number of rotatable bonds is 7. The van der Waals surface area contributed by atoms with Gasteiger partial charge in [0.15, 0.2) is 0 Å². The summed E-state index contributed by atoms with van der Waals surface area (Å²) < 4.78 is 0. The van der Waals surface area contributed by atoms with Crippen molar-refractivity contribution in [2.45, 2.75) is 46.1 Å². The lowest BCUT2D eigenvalue weighted by atomic mass is 9.93. The van der Waals surface area contributed by atoms with Crippen LogP contribution in [0.25, 0.3) is 0 Å². The van der Waals surface area contributed by atoms with Gasteiger partial charge in [-0.2, -0.15) is 0 Å². The molecule has 0 heterocycles. The fourth-order valence-electron chi connectivity index (χ4n) is 3.81. The standard InChI is InChI=1S/C27H28Cl2N2O2/c1-16(2)21-8-5-7-17(3)24(21)26(32)30-18(4)15-19-11-13-20(14-12-19)31-27(33)25-22(28)9-6-10-23(25)29/h5-14,16,18H,15H2,1-4H3,(H,30,32)(H,31,33). The maximum Gasteiger partial charge on any atom is 0.258 e. The molecule has 2 N–H and O–H groups in total. The SMILES string of the molecule is Cc1cccc(C(C)C)c1C(=O)NC(C)Cc1ccc(NC(=O)c2c(Cl)cccc2Cl)cc1. The van der Waals surface area contributed by atoms with E-state index in [1.165, 1.54) is 0 Å². The summed E-state index contributed by atoms with van der Waals surface area (Å²) in [4.78, 5) is 25.5. The Morgan fingerprint density at radius 1 is 0.818 bits per heavy atom. The van der Waals surface area contributed by atoms with Gasteiger partial charge in [-0.15, -0.1) is 0 Å². The molecule has 0 fully saturated rings. The zero-order chi connectivity index (χ0) is 24.1. The van der Waals surface area contributed by atoms with Crippen molar-refractivity contribution in [1.82, 2.24) is 5.32 Å². The minimum absolute atomic E-state index is 0.0511. The van der Waals surface area contributed by atoms with Gasteiger partial charge in [-0.25, -0.2) is 0 Å². The third-order valence-corrected chi connectivity index (χ3v) is 6.11. The lowest BCUT2D eigenvalue weighted by Crippen LogP contribution is -2.35. The van der Waals surface area contributed by atoms with E-state index in [0.717, 1.165) is 22.3 Å². The summed E-state index contributed by atoms with van der Waals surface area (Å²) >= 11 is 12.2. The predicted molar refractivity (Wildman–Crippen MR) is 137 cm³/mol. The second kappa shape index (κ2) is 10.9. The van der Waals surface area contributed by atoms with Gasteiger partial charge in [0.2, 0.25) is 0 Å². The smallest absolute Gasteiger partial charge is 0.258 e. The van der Waals surface area contributed by atoms with Gasteiger partial charge in [-0.1, -0.05) is 73.4 Å². The van der Waals surface area contributed by atoms with Crippen molar-refractivity contribution in [1.29, 1.82) is 0 Å². The monoisotopic (exact) mass is 482 g/mol. The topological polar surface area (TPSA) is 58.2 Å². The van der Waals surface area contributed by atoms with Gasteiger partial charge >= 0.3 is 0 Å². The maximum atomic E-state index is 13.0. The van der Waals surface area contributed by atoms with Crippen molar-refractivity contribution in [3.8, 4) is 0 Å². The number of aryl methyl sites for hydroxylation is 1. The average Bonchev–Trinajstić information content (AvgIpc) is 2.74. The molecule has 3 aromatic rings. The van der Waals surface area contributed by atoms with E-state index in [0.29, 0.717) is 22.2 Å². The number of anilines is 1. The zero-order valence-electron chi connectivity index (χ0n) is 19.2. The molecule has 172 valence electrons. The molecule has 4 nitrogen and oxygen atoms in total. The molecule has 0 aromatic heterocycles. The van der Waals surface area contributed by atoms with Crippen LogP contribution in [0.3, 0.4) is 0 Å². The van der Waals surface area contributed by atoms with E-state index >= 15 is 0 Å². The Bertz CT molecular complexity index is 1140. The van der Waals surface area contributed by atoms with Gasteiger partial charge in [-0.3, -0.25) is 9.59 Å². The summed E-state index contributed by atoms with van der Waals surface area (Å²) in [5.41, 5.74) is 4.72. The number of nitrogens with one attached hydrogen (secondary N) is 2. The van der Waals surface area contributed by atoms with Gasteiger partial charge in [0, 0.05) is 17.3 Å². The van der Waals surface area contributed by atoms with E-state index in [4.69, 9.17) is 23.2 Å². The van der Waals surface area contributed by atoms with Crippen LogP contribution in [0.2, 0.25) is 10.0 Å². The van der Waals surface area contributed by atoms with Crippen LogP contribution in [0.4, 0.5) is 5.69 Å². The number of halogens is 2. The summed E-state index contributed by atoms with van der Waals surface area (Å²) in [6.45, 7) is 8.14. The van der Waals surface area contributed by atoms with Crippen LogP contribution in [-0.2, 0) is 6.42 Å². The largest absolute Gasteiger partial charge is 0.349 e. The van der Waals surface area contributed by atoms with E-state index in [9.17, 15) is 9.59 Å². The van der Waals surface area contributed by atoms with Crippen LogP contribution in [0.1, 0.15) is 64.1 Å². The fraction of sp³-hybridized carbons (Fsp3) is 0.259. The highest BCUT2D eigenvalue weighted by Crippen LogP contribution is 2.26. The van der Waals surface area contributed by atoms with Crippen LogP contribution in [-0.4, -0.2) is 17.9 Å². The molecule has 0 radical (unpaired) electrons. The van der Waals surface area contributed by atoms with Crippen LogP contribution in [0.15, 0.2) is 60.7 Å². The molecule has 0 aliphatic heterocycles. The second-order valence-corrected chi connectivity index (χ2v) is 9.33. The van der Waals surface area contributed by atoms with E-state index in [1.54, 1.807) is 18.2 Å². The van der Waals surface area contributed by atoms with E-state index in [2.05, 4.69) is 24.5 Å². The number of carbonyl (C=O) groups excluding carboxylic acids is 2. The summed E-state index contributed by atoms with van der Waals surface area (Å²) in [7, 11) is 0. The first-order chi connectivity index (χ1) is 15.7. The van der Waals surface area contributed by atoms with Crippen molar-refractivity contribution in [2.24, 2.45) is 0 Å². The van der Waals surface area contributed by atoms with Crippen molar-refractivity contribution in [2.75, 3.05) is 5.32 Å². The molecule has 6 heteroatoms. The molecule has 0 saturated carbocycles. The molecule has 2 amide bonds. The van der Waals surface area contributed by atoms with E-state index < -0.39 is 0 Å². The van der Waals surface area contributed by atoms with Crippen molar-refractivity contribution < 1.29 is 9.59 Å². The molecular weight excluding hydrogens is 455 g/mol. The first-order valence-corrected chi connectivity index (χ1v) is 11.7. The molecule has 1 atom stereocenters. The lowest BCUT2D eigenvalue weighted by Gasteiger charge is -2.19. The first-order valence-electron chi connectivity index (χ1n) is 10.9. The van der Waals surface area contributed by atoms with Gasteiger partial charge < -0.3 is 10.6 Å². The van der Waals surface area contributed by atoms with Gasteiger partial charge in [0.1, 0.15) is 0 Å². The van der Waals surface area contributed by atoms with Gasteiger partial charge in [0.05, 0.1) is 15.6 Å². The number of benzene rings is 3. The Labute approximate surface area is 205 Å². The zero-order valence-corrected chi connectivity index (χ0v) is 20.7. The Balaban J connectivity index is 1.63. The van der Waals surface area contributed by atoms with Crippen LogP contribution in [0.5, 0.6) is 0 Å². The molecule has 33 heavy (non-hydrogen) atoms. The first kappa shape index (κ1) is 24.8. The molecule has 1 unspecified atom stereocenters. The number of hydrogen-bond acceptors (Lipinski definition) is 2. The van der Waals surface area contributed by atoms with Crippen molar-refractivity contribution in [3.05, 3.63) is 98.5 Å². The minimum Gasteiger partial charge on any atom is -0.349 e. The normalized spacial score (nSPS) is 11.8. The van der Waals surface area contributed by atoms with Crippen LogP contribution >= 0.6 is 23.2 Å². The molecule has 0 saturated heterocycles. The van der Waals surface area contributed by atoms with Crippen molar-refractivity contribution in [3.63, 3.8) is 0 Å². The molecule has 3 rings (SSSR count). The number of carbonyl (C=O) groups is 2. The van der Waals surface area contributed by atoms with Crippen LogP contribution < -0.4 is 10.6 Å². The Morgan fingerprint density at radius 3 is 2.03 bits per heavy atom. The summed E-state index contributed by atoms with van der Waals surface area (Å²) in [6, 6.07) is 18.4. The van der Waals surface area contributed by atoms with E-state index in [1.807, 2.05) is 56.3 Å². The average molecular weight is 483 g/mol. The molecule has 0 aliphatic carbocycles. The Morgan fingerprint density at radius 2 is 1.42 bits per heavy atom. The third kappa shape index (κ3) is 6.16. The van der Waals surface area contributed by atoms with Crippen molar-refractivity contribution >= 4 is 40.7 Å². The predicted octanol–water partition coefficient (Wildman–Crippen LogP) is 7.04. The minimum atomic E-state index is -0.363. The molecule has 0 spiro atoms. The summed E-state index contributed by atoms with van der Waals surface area (Å²) in [5.74, 6) is -0.146. The number of hydrogen-bond donors (Lipinski definition) is 2. The van der Waals surface area contributed by atoms with E-state index in [-0.39, 0.29) is 29.3 Å². The molecule has 3 aromatic carbocycles. The summed E-state index contributed by atoms with van der Waals surface area (Å²) in [5, 5.41) is 6.55. The van der Waals surface area contributed by atoms with Crippen LogP contribution in [0, 0.1) is 6.92 Å². The highest BCUT2D eigenvalue weighted by Gasteiger charge is 2.18. The second-order valence-electron chi connectivity index (χ2n) is 8.52. The fourth-order valence-corrected chi connectivity index (χ4v) is 4.38. The quantitative estimate of drug-likeness (QED) is 0.379. The summed E-state index contributed by atoms with van der Waals surface area (Å²) in [6.07, 6.45) is 0.666. The third-order valence-electron chi connectivity index (χ3n) is 5.48. The highest BCUT2D eigenvalue weighted by molar-refractivity contribution is 6.40. The lowest BCUT2D eigenvalue weighted by molar-refractivity contribution is 0.0937. The van der Waals surface area contributed by atoms with Gasteiger partial charge in [0.25, 0.3) is 11.8 Å². The molecule has 0 bridgehead atoms. The molecular formula is C27H28Cl2N2O2. The molecule has 0 aliphatic rings. The Hall–Kier alpha value is -2.82.